The number of alkyl halides is 3. The lowest BCUT2D eigenvalue weighted by Crippen LogP contribution is -2.47. The maximum atomic E-state index is 13.1. The van der Waals surface area contributed by atoms with Crippen molar-refractivity contribution in [3.8, 4) is 18.1 Å². The number of nitrogens with zero attached hydrogens (tertiary/aromatic N) is 2. The van der Waals surface area contributed by atoms with Crippen molar-refractivity contribution in [1.29, 1.82) is 0 Å². The highest BCUT2D eigenvalue weighted by atomic mass is 19.4. The van der Waals surface area contributed by atoms with Gasteiger partial charge in [0.25, 0.3) is 5.69 Å². The van der Waals surface area contributed by atoms with Crippen LogP contribution in [0.15, 0.2) is 48.5 Å². The van der Waals surface area contributed by atoms with Gasteiger partial charge in [-0.2, -0.15) is 13.2 Å². The maximum absolute atomic E-state index is 13.1. The normalized spacial score (nSPS) is 16.3. The highest BCUT2D eigenvalue weighted by Gasteiger charge is 2.35. The Bertz CT molecular complexity index is 960. The number of halogens is 3. The first-order valence-corrected chi connectivity index (χ1v) is 10.5. The Hall–Kier alpha value is -3.05. The van der Waals surface area contributed by atoms with Crippen LogP contribution in [0.4, 0.5) is 18.9 Å². The molecule has 0 atom stereocenters. The summed E-state index contributed by atoms with van der Waals surface area (Å²) in [6.07, 6.45) is 4.49. The molecular formula is C24H25F3N2O3. The first-order valence-electron chi connectivity index (χ1n) is 10.5. The van der Waals surface area contributed by atoms with E-state index in [1.807, 2.05) is 0 Å². The van der Waals surface area contributed by atoms with E-state index in [-0.39, 0.29) is 5.69 Å². The molecule has 1 heterocycles. The number of nitro benzene ring substituents is 1. The van der Waals surface area contributed by atoms with E-state index in [2.05, 4.69) is 10.8 Å². The smallest absolute Gasteiger partial charge is 0.416 e. The van der Waals surface area contributed by atoms with Crippen LogP contribution in [0.3, 0.4) is 0 Å². The average Bonchev–Trinajstić information content (AvgIpc) is 2.78. The Morgan fingerprint density at radius 2 is 1.75 bits per heavy atom. The van der Waals surface area contributed by atoms with Crippen molar-refractivity contribution in [3.05, 3.63) is 69.8 Å². The Morgan fingerprint density at radius 3 is 2.34 bits per heavy atom. The van der Waals surface area contributed by atoms with Crippen molar-refractivity contribution in [2.45, 2.75) is 43.9 Å². The second kappa shape index (κ2) is 10.0. The van der Waals surface area contributed by atoms with Crippen molar-refractivity contribution >= 4 is 5.69 Å². The molecular weight excluding hydrogens is 421 g/mol. The SMILES string of the molecule is C#CC1(Oc2ccc([N+](=O)[O-])cc2)CCN(CCCCc2ccccc2C(F)(F)F)CC1. The summed E-state index contributed by atoms with van der Waals surface area (Å²) < 4.78 is 45.3. The topological polar surface area (TPSA) is 55.6 Å². The zero-order chi connectivity index (χ0) is 23.2. The monoisotopic (exact) mass is 446 g/mol. The predicted octanol–water partition coefficient (Wildman–Crippen LogP) is 5.48. The number of aryl methyl sites for hydroxylation is 1. The quantitative estimate of drug-likeness (QED) is 0.233. The number of benzene rings is 2. The molecule has 0 amide bonds. The maximum Gasteiger partial charge on any atom is 0.416 e. The van der Waals surface area contributed by atoms with Gasteiger partial charge in [-0.15, -0.1) is 6.42 Å². The van der Waals surface area contributed by atoms with Gasteiger partial charge in [0.2, 0.25) is 0 Å². The molecule has 170 valence electrons. The van der Waals surface area contributed by atoms with E-state index < -0.39 is 22.3 Å². The minimum absolute atomic E-state index is 0.0141. The lowest BCUT2D eigenvalue weighted by atomic mass is 9.91. The number of likely N-dealkylation sites (tertiary alicyclic amines) is 1. The highest BCUT2D eigenvalue weighted by molar-refractivity contribution is 5.37. The number of ether oxygens (including phenoxy) is 1. The van der Waals surface area contributed by atoms with Crippen molar-refractivity contribution in [3.63, 3.8) is 0 Å². The van der Waals surface area contributed by atoms with Gasteiger partial charge in [-0.3, -0.25) is 10.1 Å². The van der Waals surface area contributed by atoms with Crippen LogP contribution < -0.4 is 4.74 Å². The van der Waals surface area contributed by atoms with Gasteiger partial charge in [0.15, 0.2) is 5.60 Å². The molecule has 0 saturated carbocycles. The number of unbranched alkanes of at least 4 members (excludes halogenated alkanes) is 1. The largest absolute Gasteiger partial charge is 0.474 e. The summed E-state index contributed by atoms with van der Waals surface area (Å²) in [6.45, 7) is 2.22. The van der Waals surface area contributed by atoms with Crippen LogP contribution in [0.1, 0.15) is 36.8 Å². The first kappa shape index (κ1) is 23.6. The zero-order valence-corrected chi connectivity index (χ0v) is 17.6. The Balaban J connectivity index is 1.46. The van der Waals surface area contributed by atoms with Gasteiger partial charge in [0.1, 0.15) is 5.75 Å². The van der Waals surface area contributed by atoms with Gasteiger partial charge < -0.3 is 9.64 Å². The van der Waals surface area contributed by atoms with Crippen LogP contribution >= 0.6 is 0 Å². The molecule has 5 nitrogen and oxygen atoms in total. The van der Waals surface area contributed by atoms with E-state index >= 15 is 0 Å². The van der Waals surface area contributed by atoms with E-state index in [0.29, 0.717) is 37.0 Å². The third kappa shape index (κ3) is 6.01. The summed E-state index contributed by atoms with van der Waals surface area (Å²) in [7, 11) is 0. The van der Waals surface area contributed by atoms with Gasteiger partial charge in [0.05, 0.1) is 10.5 Å². The van der Waals surface area contributed by atoms with Gasteiger partial charge in [-0.05, 0) is 49.6 Å². The Labute approximate surface area is 185 Å². The van der Waals surface area contributed by atoms with Crippen molar-refractivity contribution in [2.75, 3.05) is 19.6 Å². The number of hydrogen-bond acceptors (Lipinski definition) is 4. The first-order chi connectivity index (χ1) is 15.2. The average molecular weight is 446 g/mol. The molecule has 2 aromatic carbocycles. The second-order valence-electron chi connectivity index (χ2n) is 7.95. The third-order valence-corrected chi connectivity index (χ3v) is 5.78. The molecule has 0 unspecified atom stereocenters. The molecule has 3 rings (SSSR count). The molecule has 8 heteroatoms. The molecule has 1 fully saturated rings. The lowest BCUT2D eigenvalue weighted by Gasteiger charge is -2.38. The third-order valence-electron chi connectivity index (χ3n) is 5.78. The fourth-order valence-corrected chi connectivity index (χ4v) is 3.94. The summed E-state index contributed by atoms with van der Waals surface area (Å²) >= 11 is 0. The highest BCUT2D eigenvalue weighted by Crippen LogP contribution is 2.33. The van der Waals surface area contributed by atoms with Crippen LogP contribution in [0.5, 0.6) is 5.75 Å². The number of piperidine rings is 1. The van der Waals surface area contributed by atoms with Crippen LogP contribution in [-0.4, -0.2) is 35.1 Å². The molecule has 0 spiro atoms. The number of nitro groups is 1. The molecule has 0 N–H and O–H groups in total. The fraction of sp³-hybridized carbons (Fsp3) is 0.417. The van der Waals surface area contributed by atoms with Crippen molar-refractivity contribution in [2.24, 2.45) is 0 Å². The molecule has 0 radical (unpaired) electrons. The minimum Gasteiger partial charge on any atom is -0.474 e. The summed E-state index contributed by atoms with van der Waals surface area (Å²) in [5, 5.41) is 10.8. The molecule has 0 aromatic heterocycles. The lowest BCUT2D eigenvalue weighted by molar-refractivity contribution is -0.384. The Kier molecular flexibility index (Phi) is 7.41. The summed E-state index contributed by atoms with van der Waals surface area (Å²) in [5.41, 5.74) is -1.00. The summed E-state index contributed by atoms with van der Waals surface area (Å²) in [4.78, 5) is 12.6. The van der Waals surface area contributed by atoms with Gasteiger partial charge >= 0.3 is 6.18 Å². The zero-order valence-electron chi connectivity index (χ0n) is 17.6. The number of hydrogen-bond donors (Lipinski definition) is 0. The molecule has 32 heavy (non-hydrogen) atoms. The van der Waals surface area contributed by atoms with Crippen LogP contribution in [0, 0.1) is 22.5 Å². The summed E-state index contributed by atoms with van der Waals surface area (Å²) in [6, 6.07) is 11.6. The van der Waals surface area contributed by atoms with Crippen molar-refractivity contribution < 1.29 is 22.8 Å². The van der Waals surface area contributed by atoms with Gasteiger partial charge in [-0.25, -0.2) is 0 Å². The van der Waals surface area contributed by atoms with E-state index in [0.717, 1.165) is 32.1 Å². The number of non-ortho nitro benzene ring substituents is 1. The molecule has 1 saturated heterocycles. The van der Waals surface area contributed by atoms with E-state index in [9.17, 15) is 23.3 Å². The standard InChI is InChI=1S/C24H25F3N2O3/c1-2-23(32-21-12-10-20(11-13-21)29(30)31)14-17-28(18-15-23)16-6-5-8-19-7-3-4-9-22(19)24(25,26)27/h1,3-4,7,9-13H,5-6,8,14-18H2. The fourth-order valence-electron chi connectivity index (χ4n) is 3.94. The molecule has 2 aromatic rings. The number of terminal acetylenes is 1. The predicted molar refractivity (Wildman–Crippen MR) is 115 cm³/mol. The second-order valence-corrected chi connectivity index (χ2v) is 7.95. The number of rotatable bonds is 8. The van der Waals surface area contributed by atoms with Crippen LogP contribution in [0.25, 0.3) is 0 Å². The minimum atomic E-state index is -4.33. The molecule has 0 aliphatic carbocycles. The Morgan fingerprint density at radius 1 is 1.09 bits per heavy atom. The van der Waals surface area contributed by atoms with E-state index in [1.54, 1.807) is 24.3 Å². The van der Waals surface area contributed by atoms with E-state index in [4.69, 9.17) is 11.2 Å². The van der Waals surface area contributed by atoms with Crippen LogP contribution in [-0.2, 0) is 12.6 Å². The van der Waals surface area contributed by atoms with Crippen molar-refractivity contribution in [1.82, 2.24) is 4.90 Å². The van der Waals surface area contributed by atoms with Gasteiger partial charge in [0, 0.05) is 38.1 Å². The molecule has 1 aliphatic heterocycles. The van der Waals surface area contributed by atoms with E-state index in [1.165, 1.54) is 18.2 Å². The van der Waals surface area contributed by atoms with Crippen LogP contribution in [0.2, 0.25) is 0 Å². The molecule has 1 aliphatic rings. The summed E-state index contributed by atoms with van der Waals surface area (Å²) in [5.74, 6) is 3.23. The van der Waals surface area contributed by atoms with Gasteiger partial charge in [-0.1, -0.05) is 24.1 Å². The molecule has 0 bridgehead atoms.